The summed E-state index contributed by atoms with van der Waals surface area (Å²) in [5, 5.41) is 11.2. The number of aromatic nitrogens is 4. The van der Waals surface area contributed by atoms with E-state index in [1.54, 1.807) is 0 Å². The predicted octanol–water partition coefficient (Wildman–Crippen LogP) is 0.620. The second-order valence-electron chi connectivity index (χ2n) is 8.29. The lowest BCUT2D eigenvalue weighted by Gasteiger charge is -2.25. The Bertz CT molecular complexity index is 1470. The number of fused-ring (bicyclic) bond motifs is 1. The first-order chi connectivity index (χ1) is 18.3. The van der Waals surface area contributed by atoms with Gasteiger partial charge in [-0.1, -0.05) is 0 Å². The predicted molar refractivity (Wildman–Crippen MR) is 131 cm³/mol. The maximum Gasteiger partial charge on any atom is 0.328 e. The second kappa shape index (κ2) is 11.6. The number of amides is 2. The summed E-state index contributed by atoms with van der Waals surface area (Å²) in [5.41, 5.74) is 4.39. The molecule has 5 N–H and O–H groups in total. The fraction of sp³-hybridized carbons (Fsp3) is 0.304. The molecule has 0 radical (unpaired) electrons. The summed E-state index contributed by atoms with van der Waals surface area (Å²) < 4.78 is 32.7. The Morgan fingerprint density at radius 2 is 1.87 bits per heavy atom. The van der Waals surface area contributed by atoms with Crippen LogP contribution in [0.3, 0.4) is 0 Å². The molecule has 1 aromatic carbocycles. The van der Waals surface area contributed by atoms with Gasteiger partial charge in [0.25, 0.3) is 17.4 Å². The summed E-state index contributed by atoms with van der Waals surface area (Å²) in [5.74, 6) is -8.37. The fourth-order valence-electron chi connectivity index (χ4n) is 3.42. The van der Waals surface area contributed by atoms with Crippen molar-refractivity contribution in [1.29, 1.82) is 0 Å². The number of aromatic amines is 1. The van der Waals surface area contributed by atoms with Crippen LogP contribution in [0.25, 0.3) is 11.2 Å². The topological polar surface area (TPSA) is 211 Å². The molecule has 2 amide bonds. The highest BCUT2D eigenvalue weighted by molar-refractivity contribution is 6.00. The number of esters is 1. The number of carbonyl (C=O) groups is 4. The van der Waals surface area contributed by atoms with Crippen LogP contribution >= 0.6 is 0 Å². The van der Waals surface area contributed by atoms with Gasteiger partial charge in [-0.15, -0.1) is 0 Å². The van der Waals surface area contributed by atoms with Crippen LogP contribution in [-0.2, 0) is 25.7 Å². The minimum atomic E-state index is -3.79. The highest BCUT2D eigenvalue weighted by atomic mass is 19.3. The third kappa shape index (κ3) is 7.06. The highest BCUT2D eigenvalue weighted by Crippen LogP contribution is 2.25. The number of hydrogen-bond acceptors (Lipinski definition) is 10. The van der Waals surface area contributed by atoms with Crippen molar-refractivity contribution in [2.75, 3.05) is 17.7 Å². The number of aliphatic carboxylic acids is 1. The largest absolute Gasteiger partial charge is 0.481 e. The number of nitrogen functional groups attached to an aromatic ring is 1. The van der Waals surface area contributed by atoms with Gasteiger partial charge in [0.05, 0.1) is 25.5 Å². The molecular formula is C23H23F2N7O7. The number of nitrogens with zero attached hydrogens (tertiary/aromatic N) is 4. The number of nitrogens with two attached hydrogens (primary N) is 1. The number of H-pyrrole nitrogens is 1. The van der Waals surface area contributed by atoms with E-state index in [1.165, 1.54) is 24.3 Å². The van der Waals surface area contributed by atoms with Gasteiger partial charge in [-0.3, -0.25) is 24.2 Å². The standard InChI is InChI=1S/C23H23F2N7O7/c1-23(24,25)21(38)32(10-12-9-27-17-16(28-12)19(36)31-22(26)30-17)13-5-3-11(4-6-13)18(35)29-14(20(37)39-2)7-8-15(33)34/h3-6,9,14H,7-8,10H2,1-2H3,(H,29,35)(H,33,34)(H3,26,27,30,31,36)/t14-/m0/s1. The molecule has 206 valence electrons. The summed E-state index contributed by atoms with van der Waals surface area (Å²) in [6, 6.07) is 3.62. The third-order valence-corrected chi connectivity index (χ3v) is 5.31. The van der Waals surface area contributed by atoms with Gasteiger partial charge in [0, 0.05) is 24.6 Å². The molecule has 0 aliphatic heterocycles. The Labute approximate surface area is 218 Å². The third-order valence-electron chi connectivity index (χ3n) is 5.31. The summed E-state index contributed by atoms with van der Waals surface area (Å²) in [6.07, 6.45) is 0.514. The second-order valence-corrected chi connectivity index (χ2v) is 8.29. The molecule has 0 spiro atoms. The van der Waals surface area contributed by atoms with E-state index in [4.69, 9.17) is 10.8 Å². The SMILES string of the molecule is COC(=O)[C@H](CCC(=O)O)NC(=O)c1ccc(N(Cc2cnc3nc(N)[nH]c(=O)c3n2)C(=O)C(C)(F)F)cc1. The number of carboxylic acid groups (broad SMARTS) is 1. The summed E-state index contributed by atoms with van der Waals surface area (Å²) >= 11 is 0. The van der Waals surface area contributed by atoms with Gasteiger partial charge in [0.2, 0.25) is 5.95 Å². The van der Waals surface area contributed by atoms with Crippen molar-refractivity contribution in [2.24, 2.45) is 0 Å². The zero-order chi connectivity index (χ0) is 28.9. The smallest absolute Gasteiger partial charge is 0.328 e. The normalized spacial score (nSPS) is 12.0. The highest BCUT2D eigenvalue weighted by Gasteiger charge is 2.37. The zero-order valence-electron chi connectivity index (χ0n) is 20.6. The molecule has 3 aromatic rings. The average Bonchev–Trinajstić information content (AvgIpc) is 2.88. The Kier molecular flexibility index (Phi) is 8.47. The molecule has 16 heteroatoms. The van der Waals surface area contributed by atoms with Crippen LogP contribution in [0.4, 0.5) is 20.4 Å². The van der Waals surface area contributed by atoms with Crippen molar-refractivity contribution in [3.05, 3.63) is 52.1 Å². The van der Waals surface area contributed by atoms with E-state index in [1.807, 2.05) is 0 Å². The first-order valence-electron chi connectivity index (χ1n) is 11.2. The average molecular weight is 547 g/mol. The number of ether oxygens (including phenoxy) is 1. The number of anilines is 2. The molecule has 0 unspecified atom stereocenters. The minimum Gasteiger partial charge on any atom is -0.481 e. The molecule has 0 aliphatic rings. The van der Waals surface area contributed by atoms with Gasteiger partial charge in [-0.2, -0.15) is 13.8 Å². The van der Waals surface area contributed by atoms with Gasteiger partial charge < -0.3 is 25.8 Å². The Morgan fingerprint density at radius 1 is 1.21 bits per heavy atom. The van der Waals surface area contributed by atoms with E-state index in [2.05, 4.69) is 30.0 Å². The summed E-state index contributed by atoms with van der Waals surface area (Å²) in [4.78, 5) is 74.9. The molecule has 39 heavy (non-hydrogen) atoms. The number of carboxylic acids is 1. The summed E-state index contributed by atoms with van der Waals surface area (Å²) in [7, 11) is 1.08. The van der Waals surface area contributed by atoms with E-state index in [0.29, 0.717) is 11.8 Å². The number of alkyl halides is 2. The molecule has 2 heterocycles. The Balaban J connectivity index is 1.88. The molecule has 14 nitrogen and oxygen atoms in total. The van der Waals surface area contributed by atoms with Crippen LogP contribution in [0.15, 0.2) is 35.3 Å². The van der Waals surface area contributed by atoms with Crippen LogP contribution in [0.2, 0.25) is 0 Å². The fourth-order valence-corrected chi connectivity index (χ4v) is 3.42. The van der Waals surface area contributed by atoms with Gasteiger partial charge in [-0.05, 0) is 30.7 Å². The van der Waals surface area contributed by atoms with E-state index in [-0.39, 0.29) is 40.5 Å². The lowest BCUT2D eigenvalue weighted by atomic mass is 10.1. The molecule has 1 atom stereocenters. The van der Waals surface area contributed by atoms with Crippen LogP contribution in [-0.4, -0.2) is 67.9 Å². The van der Waals surface area contributed by atoms with Crippen molar-refractivity contribution >= 4 is 46.6 Å². The van der Waals surface area contributed by atoms with Crippen LogP contribution in [0.1, 0.15) is 35.8 Å². The molecule has 0 saturated carbocycles. The van der Waals surface area contributed by atoms with Gasteiger partial charge >= 0.3 is 17.9 Å². The lowest BCUT2D eigenvalue weighted by molar-refractivity contribution is -0.143. The summed E-state index contributed by atoms with van der Waals surface area (Å²) in [6.45, 7) is -0.0993. The van der Waals surface area contributed by atoms with E-state index in [0.717, 1.165) is 13.3 Å². The van der Waals surface area contributed by atoms with Crippen LogP contribution < -0.4 is 21.5 Å². The van der Waals surface area contributed by atoms with E-state index >= 15 is 0 Å². The van der Waals surface area contributed by atoms with E-state index in [9.17, 15) is 32.8 Å². The monoisotopic (exact) mass is 547 g/mol. The van der Waals surface area contributed by atoms with Gasteiger partial charge in [0.15, 0.2) is 11.2 Å². The molecular weight excluding hydrogens is 524 g/mol. The number of benzene rings is 1. The molecule has 0 saturated heterocycles. The first kappa shape index (κ1) is 28.5. The van der Waals surface area contributed by atoms with Gasteiger partial charge in [-0.25, -0.2) is 14.8 Å². The van der Waals surface area contributed by atoms with Crippen molar-refractivity contribution in [3.8, 4) is 0 Å². The lowest BCUT2D eigenvalue weighted by Crippen LogP contribution is -2.42. The van der Waals surface area contributed by atoms with Crippen molar-refractivity contribution in [2.45, 2.75) is 38.3 Å². The minimum absolute atomic E-state index is 0.0145. The first-order valence-corrected chi connectivity index (χ1v) is 11.2. The number of hydrogen-bond donors (Lipinski definition) is 4. The van der Waals surface area contributed by atoms with Crippen molar-refractivity contribution in [3.63, 3.8) is 0 Å². The maximum absolute atomic E-state index is 14.0. The number of carbonyl (C=O) groups excluding carboxylic acids is 3. The number of rotatable bonds is 10. The van der Waals surface area contributed by atoms with Crippen LogP contribution in [0, 0.1) is 0 Å². The number of halogens is 2. The maximum atomic E-state index is 14.0. The Morgan fingerprint density at radius 3 is 2.46 bits per heavy atom. The van der Waals surface area contributed by atoms with Crippen molar-refractivity contribution < 1.29 is 37.8 Å². The van der Waals surface area contributed by atoms with E-state index < -0.39 is 54.2 Å². The number of methoxy groups -OCH3 is 1. The quantitative estimate of drug-likeness (QED) is 0.258. The molecule has 0 fully saturated rings. The molecule has 2 aromatic heterocycles. The van der Waals surface area contributed by atoms with Gasteiger partial charge in [0.1, 0.15) is 6.04 Å². The Hall–Kier alpha value is -5.02. The molecule has 3 rings (SSSR count). The van der Waals surface area contributed by atoms with Crippen molar-refractivity contribution in [1.82, 2.24) is 25.3 Å². The van der Waals surface area contributed by atoms with Crippen LogP contribution in [0.5, 0.6) is 0 Å². The number of nitrogens with one attached hydrogen (secondary N) is 2. The molecule has 0 bridgehead atoms. The zero-order valence-corrected chi connectivity index (χ0v) is 20.6. The molecule has 0 aliphatic carbocycles.